The topological polar surface area (TPSA) is 57.7 Å². The van der Waals surface area contributed by atoms with Gasteiger partial charge < -0.3 is 4.90 Å². The van der Waals surface area contributed by atoms with Gasteiger partial charge in [0.05, 0.1) is 6.42 Å². The fraction of sp³-hybridized carbons (Fsp3) is 0.500. The van der Waals surface area contributed by atoms with Gasteiger partial charge in [-0.25, -0.2) is 8.42 Å². The molecule has 0 aliphatic carbocycles. The second kappa shape index (κ2) is 8.98. The van der Waals surface area contributed by atoms with Gasteiger partial charge >= 0.3 is 0 Å². The first-order valence-corrected chi connectivity index (χ1v) is 12.7. The van der Waals surface area contributed by atoms with Crippen LogP contribution >= 0.6 is 11.3 Å². The van der Waals surface area contributed by atoms with Crippen LogP contribution < -0.4 is 0 Å². The van der Waals surface area contributed by atoms with E-state index in [1.54, 1.807) is 10.4 Å². The van der Waals surface area contributed by atoms with Gasteiger partial charge in [0.2, 0.25) is 5.91 Å². The summed E-state index contributed by atoms with van der Waals surface area (Å²) in [6, 6.07) is 14.0. The summed E-state index contributed by atoms with van der Waals surface area (Å²) in [4.78, 5) is 15.8. The Labute approximate surface area is 177 Å². The van der Waals surface area contributed by atoms with Gasteiger partial charge in [-0.2, -0.15) is 4.31 Å². The molecule has 5 nitrogen and oxygen atoms in total. The van der Waals surface area contributed by atoms with Crippen LogP contribution in [0.15, 0.2) is 46.7 Å². The van der Waals surface area contributed by atoms with Crippen molar-refractivity contribution in [2.45, 2.75) is 55.2 Å². The number of benzene rings is 1. The monoisotopic (exact) mass is 432 g/mol. The fourth-order valence-electron chi connectivity index (χ4n) is 4.34. The first-order chi connectivity index (χ1) is 14.0. The maximum absolute atomic E-state index is 12.9. The van der Waals surface area contributed by atoms with Crippen molar-refractivity contribution < 1.29 is 13.2 Å². The molecule has 0 saturated carbocycles. The number of hydrogen-bond donors (Lipinski definition) is 0. The lowest BCUT2D eigenvalue weighted by atomic mass is 10.0. The third-order valence-corrected chi connectivity index (χ3v) is 9.33. The maximum atomic E-state index is 12.9. The van der Waals surface area contributed by atoms with Gasteiger partial charge in [0, 0.05) is 30.6 Å². The quantitative estimate of drug-likeness (QED) is 0.699. The van der Waals surface area contributed by atoms with Gasteiger partial charge in [-0.1, -0.05) is 36.8 Å². The van der Waals surface area contributed by atoms with E-state index in [2.05, 4.69) is 12.1 Å². The summed E-state index contributed by atoms with van der Waals surface area (Å²) >= 11 is 1.25. The number of carbonyl (C=O) groups is 1. The van der Waals surface area contributed by atoms with Crippen LogP contribution in [-0.2, 0) is 27.7 Å². The van der Waals surface area contributed by atoms with E-state index in [1.165, 1.54) is 16.9 Å². The number of carbonyl (C=O) groups excluding carboxylic acids is 1. The molecule has 29 heavy (non-hydrogen) atoms. The minimum absolute atomic E-state index is 0.104. The molecule has 2 fully saturated rings. The molecule has 4 rings (SSSR count). The number of piperidine rings is 1. The summed E-state index contributed by atoms with van der Waals surface area (Å²) in [6.07, 6.45) is 6.16. The number of sulfonamides is 1. The van der Waals surface area contributed by atoms with Gasteiger partial charge in [0.15, 0.2) is 0 Å². The molecule has 2 aliphatic heterocycles. The van der Waals surface area contributed by atoms with Crippen LogP contribution in [0, 0.1) is 0 Å². The maximum Gasteiger partial charge on any atom is 0.252 e. The van der Waals surface area contributed by atoms with Crippen LogP contribution in [0.4, 0.5) is 0 Å². The average Bonchev–Trinajstić information content (AvgIpc) is 3.39. The summed E-state index contributed by atoms with van der Waals surface area (Å²) in [5.41, 5.74) is 1.25. The summed E-state index contributed by atoms with van der Waals surface area (Å²) in [5, 5.41) is 0. The number of likely N-dealkylation sites (tertiary alicyclic amines) is 1. The van der Waals surface area contributed by atoms with E-state index in [9.17, 15) is 13.2 Å². The van der Waals surface area contributed by atoms with E-state index in [0.29, 0.717) is 17.3 Å². The zero-order valence-corrected chi connectivity index (χ0v) is 18.3. The van der Waals surface area contributed by atoms with Crippen molar-refractivity contribution in [3.8, 4) is 0 Å². The van der Waals surface area contributed by atoms with E-state index in [0.717, 1.165) is 49.9 Å². The number of hydrogen-bond acceptors (Lipinski definition) is 4. The van der Waals surface area contributed by atoms with Crippen LogP contribution in [0.1, 0.15) is 42.5 Å². The molecule has 0 N–H and O–H groups in total. The number of amides is 1. The van der Waals surface area contributed by atoms with E-state index in [-0.39, 0.29) is 18.4 Å². The van der Waals surface area contributed by atoms with Crippen molar-refractivity contribution in [3.63, 3.8) is 0 Å². The zero-order valence-electron chi connectivity index (χ0n) is 16.6. The highest BCUT2D eigenvalue weighted by Gasteiger charge is 2.30. The Bertz CT molecular complexity index is 934. The second-order valence-electron chi connectivity index (χ2n) is 7.94. The predicted octanol–water partition coefficient (Wildman–Crippen LogP) is 3.70. The second-order valence-corrected chi connectivity index (χ2v) is 11.3. The predicted molar refractivity (Wildman–Crippen MR) is 116 cm³/mol. The van der Waals surface area contributed by atoms with Gasteiger partial charge in [0.1, 0.15) is 4.21 Å². The van der Waals surface area contributed by atoms with Crippen molar-refractivity contribution in [2.24, 2.45) is 0 Å². The number of rotatable bonds is 6. The van der Waals surface area contributed by atoms with E-state index in [4.69, 9.17) is 0 Å². The minimum atomic E-state index is -3.42. The van der Waals surface area contributed by atoms with Crippen LogP contribution in [0.3, 0.4) is 0 Å². The lowest BCUT2D eigenvalue weighted by Crippen LogP contribution is -2.37. The summed E-state index contributed by atoms with van der Waals surface area (Å²) in [6.45, 7) is 1.99. The Morgan fingerprint density at radius 1 is 0.966 bits per heavy atom. The Morgan fingerprint density at radius 2 is 1.72 bits per heavy atom. The molecule has 1 atom stereocenters. The van der Waals surface area contributed by atoms with Crippen molar-refractivity contribution >= 4 is 27.3 Å². The smallest absolute Gasteiger partial charge is 0.252 e. The minimum Gasteiger partial charge on any atom is -0.339 e. The lowest BCUT2D eigenvalue weighted by Gasteiger charge is -2.25. The van der Waals surface area contributed by atoms with Gasteiger partial charge in [-0.3, -0.25) is 4.79 Å². The molecule has 7 heteroatoms. The number of nitrogens with zero attached hydrogens (tertiary/aromatic N) is 2. The number of thiophene rings is 1. The summed E-state index contributed by atoms with van der Waals surface area (Å²) in [7, 11) is -3.42. The van der Waals surface area contributed by atoms with Crippen LogP contribution in [0.2, 0.25) is 0 Å². The summed E-state index contributed by atoms with van der Waals surface area (Å²) < 4.78 is 27.6. The third kappa shape index (κ3) is 4.73. The first-order valence-electron chi connectivity index (χ1n) is 10.5. The SMILES string of the molecule is O=C(Cc1ccc(S(=O)(=O)N2CCCCC2)s1)N1CCCC1Cc1ccccc1. The summed E-state index contributed by atoms with van der Waals surface area (Å²) in [5.74, 6) is 0.104. The highest BCUT2D eigenvalue weighted by atomic mass is 32.2. The lowest BCUT2D eigenvalue weighted by molar-refractivity contribution is -0.131. The first kappa shape index (κ1) is 20.6. The molecule has 0 bridgehead atoms. The molecule has 156 valence electrons. The fourth-order valence-corrected chi connectivity index (χ4v) is 7.36. The molecular formula is C22H28N2O3S2. The van der Waals surface area contributed by atoms with Crippen molar-refractivity contribution in [1.29, 1.82) is 0 Å². The molecule has 2 aromatic rings. The molecule has 1 aromatic heterocycles. The molecule has 1 aromatic carbocycles. The van der Waals surface area contributed by atoms with Crippen molar-refractivity contribution in [1.82, 2.24) is 9.21 Å². The molecule has 1 unspecified atom stereocenters. The standard InChI is InChI=1S/C22H28N2O3S2/c25-21(24-15-7-10-19(24)16-18-8-3-1-4-9-18)17-20-11-12-22(28-20)29(26,27)23-13-5-2-6-14-23/h1,3-4,8-9,11-12,19H,2,5-7,10,13-17H2. The third-order valence-electron chi connectivity index (χ3n) is 5.88. The normalized spacial score (nSPS) is 20.8. The van der Waals surface area contributed by atoms with E-state index >= 15 is 0 Å². The highest BCUT2D eigenvalue weighted by molar-refractivity contribution is 7.91. The molecule has 0 spiro atoms. The molecular weight excluding hydrogens is 404 g/mol. The van der Waals surface area contributed by atoms with E-state index < -0.39 is 10.0 Å². The van der Waals surface area contributed by atoms with Gasteiger partial charge in [-0.15, -0.1) is 11.3 Å². The molecule has 1 amide bonds. The van der Waals surface area contributed by atoms with Crippen molar-refractivity contribution in [2.75, 3.05) is 19.6 Å². The van der Waals surface area contributed by atoms with Gasteiger partial charge in [-0.05, 0) is 49.8 Å². The average molecular weight is 433 g/mol. The van der Waals surface area contributed by atoms with E-state index in [1.807, 2.05) is 29.2 Å². The Balaban J connectivity index is 1.41. The molecule has 2 saturated heterocycles. The Hall–Kier alpha value is -1.70. The Morgan fingerprint density at radius 3 is 2.48 bits per heavy atom. The molecule has 0 radical (unpaired) electrons. The van der Waals surface area contributed by atoms with Crippen LogP contribution in [-0.4, -0.2) is 49.2 Å². The molecule has 3 heterocycles. The molecule has 2 aliphatic rings. The van der Waals surface area contributed by atoms with Gasteiger partial charge in [0.25, 0.3) is 10.0 Å². The zero-order chi connectivity index (χ0) is 20.3. The highest BCUT2D eigenvalue weighted by Crippen LogP contribution is 2.29. The largest absolute Gasteiger partial charge is 0.339 e. The van der Waals surface area contributed by atoms with Crippen LogP contribution in [0.25, 0.3) is 0 Å². The Kier molecular flexibility index (Phi) is 6.37. The van der Waals surface area contributed by atoms with Crippen LogP contribution in [0.5, 0.6) is 0 Å². The van der Waals surface area contributed by atoms with Crippen molar-refractivity contribution in [3.05, 3.63) is 52.9 Å².